The van der Waals surface area contributed by atoms with Crippen molar-refractivity contribution in [1.29, 1.82) is 0 Å². The van der Waals surface area contributed by atoms with Crippen molar-refractivity contribution in [2.75, 3.05) is 27.2 Å². The predicted molar refractivity (Wildman–Crippen MR) is 74.2 cm³/mol. The summed E-state index contributed by atoms with van der Waals surface area (Å²) in [7, 11) is 4.16. The van der Waals surface area contributed by atoms with Gasteiger partial charge in [0.05, 0.1) is 0 Å². The molecule has 3 heteroatoms. The zero-order valence-electron chi connectivity index (χ0n) is 12.3. The number of amides is 1. The van der Waals surface area contributed by atoms with Crippen molar-refractivity contribution < 1.29 is 4.79 Å². The Bertz CT molecular complexity index is 200. The molecule has 102 valence electrons. The number of hydrogen-bond donors (Lipinski definition) is 0. The molecular formula is C14H30N2O. The monoisotopic (exact) mass is 242 g/mol. The highest BCUT2D eigenvalue weighted by Gasteiger charge is 2.19. The minimum Gasteiger partial charge on any atom is -0.340 e. The summed E-state index contributed by atoms with van der Waals surface area (Å²) in [6.07, 6.45) is 4.84. The van der Waals surface area contributed by atoms with Crippen LogP contribution in [0.2, 0.25) is 0 Å². The lowest BCUT2D eigenvalue weighted by atomic mass is 10.1. The van der Waals surface area contributed by atoms with Gasteiger partial charge in [-0.05, 0) is 46.3 Å². The van der Waals surface area contributed by atoms with Gasteiger partial charge in [0.2, 0.25) is 5.91 Å². The molecule has 0 aliphatic rings. The summed E-state index contributed by atoms with van der Waals surface area (Å²) >= 11 is 0. The second-order valence-corrected chi connectivity index (χ2v) is 4.96. The van der Waals surface area contributed by atoms with Crippen molar-refractivity contribution in [3.63, 3.8) is 0 Å². The quantitative estimate of drug-likeness (QED) is 0.621. The third-order valence-electron chi connectivity index (χ3n) is 3.17. The first-order valence-corrected chi connectivity index (χ1v) is 7.00. The zero-order valence-corrected chi connectivity index (χ0v) is 12.3. The predicted octanol–water partition coefficient (Wildman–Crippen LogP) is 2.76. The van der Waals surface area contributed by atoms with Crippen molar-refractivity contribution in [2.24, 2.45) is 0 Å². The molecule has 0 rings (SSSR count). The lowest BCUT2D eigenvalue weighted by Crippen LogP contribution is -2.41. The summed E-state index contributed by atoms with van der Waals surface area (Å²) < 4.78 is 0. The Hall–Kier alpha value is -0.570. The molecule has 0 fully saturated rings. The molecular weight excluding hydrogens is 212 g/mol. The van der Waals surface area contributed by atoms with Crippen molar-refractivity contribution in [3.8, 4) is 0 Å². The van der Waals surface area contributed by atoms with E-state index in [2.05, 4.69) is 44.7 Å². The maximum Gasteiger partial charge on any atom is 0.222 e. The van der Waals surface area contributed by atoms with Crippen molar-refractivity contribution in [1.82, 2.24) is 9.80 Å². The van der Waals surface area contributed by atoms with Crippen LogP contribution in [0.5, 0.6) is 0 Å². The summed E-state index contributed by atoms with van der Waals surface area (Å²) in [5.41, 5.74) is 0. The minimum atomic E-state index is 0.333. The SMILES string of the molecule is CCCC(=O)N(CCCN(C)C)C(CC)CC. The largest absolute Gasteiger partial charge is 0.340 e. The van der Waals surface area contributed by atoms with Crippen LogP contribution in [0.1, 0.15) is 52.9 Å². The van der Waals surface area contributed by atoms with E-state index in [1.165, 1.54) is 0 Å². The van der Waals surface area contributed by atoms with Crippen LogP contribution in [0.3, 0.4) is 0 Å². The van der Waals surface area contributed by atoms with Crippen LogP contribution in [0, 0.1) is 0 Å². The second-order valence-electron chi connectivity index (χ2n) is 4.96. The average Bonchev–Trinajstić information content (AvgIpc) is 2.28. The van der Waals surface area contributed by atoms with E-state index >= 15 is 0 Å². The van der Waals surface area contributed by atoms with Gasteiger partial charge in [0.1, 0.15) is 0 Å². The molecule has 0 aromatic rings. The van der Waals surface area contributed by atoms with E-state index in [9.17, 15) is 4.79 Å². The molecule has 0 atom stereocenters. The normalized spacial score (nSPS) is 11.2. The number of hydrogen-bond acceptors (Lipinski definition) is 2. The highest BCUT2D eigenvalue weighted by molar-refractivity contribution is 5.76. The highest BCUT2D eigenvalue weighted by atomic mass is 16.2. The summed E-state index contributed by atoms with van der Waals surface area (Å²) in [6.45, 7) is 8.38. The fourth-order valence-corrected chi connectivity index (χ4v) is 2.16. The van der Waals surface area contributed by atoms with Crippen LogP contribution >= 0.6 is 0 Å². The van der Waals surface area contributed by atoms with Crippen LogP contribution < -0.4 is 0 Å². The molecule has 17 heavy (non-hydrogen) atoms. The van der Waals surface area contributed by atoms with E-state index in [1.807, 2.05) is 0 Å². The Morgan fingerprint density at radius 1 is 1.06 bits per heavy atom. The van der Waals surface area contributed by atoms with Gasteiger partial charge in [0.15, 0.2) is 0 Å². The average molecular weight is 242 g/mol. The van der Waals surface area contributed by atoms with Crippen molar-refractivity contribution in [3.05, 3.63) is 0 Å². The molecule has 0 unspecified atom stereocenters. The lowest BCUT2D eigenvalue weighted by Gasteiger charge is -2.31. The second kappa shape index (κ2) is 9.46. The van der Waals surface area contributed by atoms with Gasteiger partial charge < -0.3 is 9.80 Å². The molecule has 0 radical (unpaired) electrons. The zero-order chi connectivity index (χ0) is 13.3. The van der Waals surface area contributed by atoms with Crippen LogP contribution in [0.15, 0.2) is 0 Å². The minimum absolute atomic E-state index is 0.333. The molecule has 0 heterocycles. The first-order valence-electron chi connectivity index (χ1n) is 7.00. The van der Waals surface area contributed by atoms with E-state index < -0.39 is 0 Å². The third-order valence-corrected chi connectivity index (χ3v) is 3.17. The van der Waals surface area contributed by atoms with Gasteiger partial charge in [-0.25, -0.2) is 0 Å². The molecule has 0 N–H and O–H groups in total. The molecule has 0 bridgehead atoms. The number of carbonyl (C=O) groups is 1. The van der Waals surface area contributed by atoms with Gasteiger partial charge in [-0.15, -0.1) is 0 Å². The molecule has 0 aromatic carbocycles. The topological polar surface area (TPSA) is 23.6 Å². The Morgan fingerprint density at radius 3 is 2.06 bits per heavy atom. The van der Waals surface area contributed by atoms with Crippen molar-refractivity contribution >= 4 is 5.91 Å². The van der Waals surface area contributed by atoms with Crippen LogP contribution in [0.25, 0.3) is 0 Å². The summed E-state index contributed by atoms with van der Waals surface area (Å²) in [5, 5.41) is 0. The summed E-state index contributed by atoms with van der Waals surface area (Å²) in [6, 6.07) is 0.427. The van der Waals surface area contributed by atoms with Crippen molar-refractivity contribution in [2.45, 2.75) is 58.9 Å². The fraction of sp³-hybridized carbons (Fsp3) is 0.929. The van der Waals surface area contributed by atoms with Crippen LogP contribution in [-0.2, 0) is 4.79 Å². The third kappa shape index (κ3) is 6.67. The number of nitrogens with zero attached hydrogens (tertiary/aromatic N) is 2. The Morgan fingerprint density at radius 2 is 1.65 bits per heavy atom. The highest BCUT2D eigenvalue weighted by Crippen LogP contribution is 2.12. The van der Waals surface area contributed by atoms with Crippen LogP contribution in [-0.4, -0.2) is 48.9 Å². The van der Waals surface area contributed by atoms with Gasteiger partial charge >= 0.3 is 0 Å². The summed E-state index contributed by atoms with van der Waals surface area (Å²) in [5.74, 6) is 0.333. The summed E-state index contributed by atoms with van der Waals surface area (Å²) in [4.78, 5) is 16.4. The number of carbonyl (C=O) groups excluding carboxylic acids is 1. The Balaban J connectivity index is 4.33. The van der Waals surface area contributed by atoms with E-state index in [0.29, 0.717) is 18.4 Å². The molecule has 0 aliphatic heterocycles. The van der Waals surface area contributed by atoms with Gasteiger partial charge in [0.25, 0.3) is 0 Å². The standard InChI is InChI=1S/C14H30N2O/c1-6-10-14(17)16(13(7-2)8-3)12-9-11-15(4)5/h13H,6-12H2,1-5H3. The van der Waals surface area contributed by atoms with Crippen LogP contribution in [0.4, 0.5) is 0 Å². The molecule has 0 saturated carbocycles. The lowest BCUT2D eigenvalue weighted by molar-refractivity contribution is -0.133. The smallest absolute Gasteiger partial charge is 0.222 e. The first-order chi connectivity index (χ1) is 8.06. The Labute approximate surface area is 107 Å². The molecule has 0 aromatic heterocycles. The van der Waals surface area contributed by atoms with Gasteiger partial charge in [-0.3, -0.25) is 4.79 Å². The molecule has 1 amide bonds. The maximum atomic E-state index is 12.1. The first kappa shape index (κ1) is 16.4. The molecule has 3 nitrogen and oxygen atoms in total. The van der Waals surface area contributed by atoms with Gasteiger partial charge in [-0.1, -0.05) is 20.8 Å². The van der Waals surface area contributed by atoms with E-state index in [4.69, 9.17) is 0 Å². The maximum absolute atomic E-state index is 12.1. The molecule has 0 aliphatic carbocycles. The van der Waals surface area contributed by atoms with Gasteiger partial charge in [-0.2, -0.15) is 0 Å². The van der Waals surface area contributed by atoms with E-state index in [-0.39, 0.29) is 0 Å². The fourth-order valence-electron chi connectivity index (χ4n) is 2.16. The van der Waals surface area contributed by atoms with E-state index in [1.54, 1.807) is 0 Å². The number of rotatable bonds is 9. The van der Waals surface area contributed by atoms with Gasteiger partial charge in [0, 0.05) is 19.0 Å². The molecule has 0 saturated heterocycles. The molecule has 0 spiro atoms. The van der Waals surface area contributed by atoms with E-state index in [0.717, 1.165) is 38.8 Å². The Kier molecular flexibility index (Phi) is 9.14.